The van der Waals surface area contributed by atoms with E-state index in [0.29, 0.717) is 0 Å². The number of nitrogens with zero attached hydrogens (tertiary/aromatic N) is 3. The van der Waals surface area contributed by atoms with E-state index in [-0.39, 0.29) is 5.41 Å². The quantitative estimate of drug-likeness (QED) is 0.183. The molecule has 0 unspecified atom stereocenters. The highest BCUT2D eigenvalue weighted by Gasteiger charge is 2.36. The first-order valence-electron chi connectivity index (χ1n) is 18.4. The number of fused-ring (bicyclic) bond motifs is 11. The summed E-state index contributed by atoms with van der Waals surface area (Å²) in [5.74, 6) is 0.744. The van der Waals surface area contributed by atoms with Gasteiger partial charge in [0.25, 0.3) is 0 Å². The van der Waals surface area contributed by atoms with Gasteiger partial charge in [-0.2, -0.15) is 0 Å². The van der Waals surface area contributed by atoms with Crippen LogP contribution < -0.4 is 0 Å². The van der Waals surface area contributed by atoms with Crippen molar-refractivity contribution in [2.75, 3.05) is 0 Å². The van der Waals surface area contributed by atoms with E-state index in [1.54, 1.807) is 0 Å². The summed E-state index contributed by atoms with van der Waals surface area (Å²) in [6, 6.07) is 54.4. The average molecular weight is 710 g/mol. The highest BCUT2D eigenvalue weighted by Crippen LogP contribution is 2.50. The summed E-state index contributed by atoms with van der Waals surface area (Å²) in [6.07, 6.45) is 0. The first-order chi connectivity index (χ1) is 26.5. The molecule has 1 aliphatic rings. The molecular formula is C49H31N3OS. The molecule has 4 nitrogen and oxygen atoms in total. The minimum Gasteiger partial charge on any atom is -0.454 e. The van der Waals surface area contributed by atoms with Crippen molar-refractivity contribution in [2.24, 2.45) is 0 Å². The minimum absolute atomic E-state index is 0.190. The second-order valence-electron chi connectivity index (χ2n) is 14.9. The summed E-state index contributed by atoms with van der Waals surface area (Å²) in [5, 5.41) is 5.84. The smallest absolute Gasteiger partial charge is 0.161 e. The normalized spacial score (nSPS) is 13.5. The number of benzene rings is 7. The van der Waals surface area contributed by atoms with Gasteiger partial charge in [0.1, 0.15) is 11.1 Å². The third kappa shape index (κ3) is 4.02. The SMILES string of the molecule is CC1(C)c2ccc(-c3cccc(-c4nc(-c5cccc6c5sc5ccccc56)nc5ccccc45)c3)cc2-n2c3c1cccc3c1oc3ccccc3c12. The molecule has 0 fully saturated rings. The maximum Gasteiger partial charge on any atom is 0.161 e. The Labute approximate surface area is 314 Å². The molecular weight excluding hydrogens is 679 g/mol. The Morgan fingerprint density at radius 1 is 0.556 bits per heavy atom. The van der Waals surface area contributed by atoms with Crippen LogP contribution in [0, 0.1) is 0 Å². The zero-order chi connectivity index (χ0) is 35.7. The Hall–Kier alpha value is -6.56. The molecule has 1 aliphatic heterocycles. The summed E-state index contributed by atoms with van der Waals surface area (Å²) < 4.78 is 11.5. The van der Waals surface area contributed by atoms with Crippen LogP contribution in [0.2, 0.25) is 0 Å². The van der Waals surface area contributed by atoms with Crippen LogP contribution >= 0.6 is 11.3 Å². The Bertz CT molecular complexity index is 3380. The summed E-state index contributed by atoms with van der Waals surface area (Å²) in [7, 11) is 0. The van der Waals surface area contributed by atoms with Crippen molar-refractivity contribution in [3.63, 3.8) is 0 Å². The van der Waals surface area contributed by atoms with Gasteiger partial charge in [0, 0.05) is 52.9 Å². The van der Waals surface area contributed by atoms with Crippen LogP contribution in [0.3, 0.4) is 0 Å². The molecule has 254 valence electrons. The van der Waals surface area contributed by atoms with E-state index >= 15 is 0 Å². The minimum atomic E-state index is -0.190. The van der Waals surface area contributed by atoms with Gasteiger partial charge in [-0.1, -0.05) is 117 Å². The highest BCUT2D eigenvalue weighted by atomic mass is 32.1. The number of aromatic nitrogens is 3. The van der Waals surface area contributed by atoms with Gasteiger partial charge < -0.3 is 8.98 Å². The zero-order valence-corrected chi connectivity index (χ0v) is 30.4. The van der Waals surface area contributed by atoms with Crippen molar-refractivity contribution < 1.29 is 4.42 Å². The topological polar surface area (TPSA) is 43.9 Å². The molecule has 0 saturated heterocycles. The fourth-order valence-corrected chi connectivity index (χ4v) is 10.2. The lowest BCUT2D eigenvalue weighted by Gasteiger charge is -2.35. The van der Waals surface area contributed by atoms with Crippen molar-refractivity contribution >= 4 is 75.4 Å². The van der Waals surface area contributed by atoms with Crippen molar-refractivity contribution in [3.05, 3.63) is 163 Å². The first-order valence-corrected chi connectivity index (χ1v) is 19.2. The Morgan fingerprint density at radius 3 is 2.20 bits per heavy atom. The maximum atomic E-state index is 6.58. The lowest BCUT2D eigenvalue weighted by atomic mass is 9.74. The lowest BCUT2D eigenvalue weighted by molar-refractivity contribution is 0.630. The molecule has 4 aromatic heterocycles. The second kappa shape index (κ2) is 10.8. The molecule has 0 N–H and O–H groups in total. The summed E-state index contributed by atoms with van der Waals surface area (Å²) in [6.45, 7) is 4.68. The van der Waals surface area contributed by atoms with E-state index in [1.165, 1.54) is 42.5 Å². The number of furan rings is 1. The summed E-state index contributed by atoms with van der Waals surface area (Å²) in [4.78, 5) is 10.5. The van der Waals surface area contributed by atoms with Gasteiger partial charge in [-0.15, -0.1) is 11.3 Å². The molecule has 0 bridgehead atoms. The zero-order valence-electron chi connectivity index (χ0n) is 29.6. The molecule has 0 spiro atoms. The molecule has 0 radical (unpaired) electrons. The fourth-order valence-electron chi connectivity index (χ4n) is 9.02. The van der Waals surface area contributed by atoms with Gasteiger partial charge in [0.05, 0.1) is 22.4 Å². The Kier molecular flexibility index (Phi) is 5.96. The average Bonchev–Trinajstić information content (AvgIpc) is 3.89. The van der Waals surface area contributed by atoms with Gasteiger partial charge in [0.2, 0.25) is 0 Å². The monoisotopic (exact) mass is 709 g/mol. The molecule has 54 heavy (non-hydrogen) atoms. The van der Waals surface area contributed by atoms with E-state index in [1.807, 2.05) is 17.4 Å². The van der Waals surface area contributed by atoms with Gasteiger partial charge in [0.15, 0.2) is 11.4 Å². The predicted octanol–water partition coefficient (Wildman–Crippen LogP) is 13.5. The van der Waals surface area contributed by atoms with Crippen molar-refractivity contribution in [1.29, 1.82) is 0 Å². The predicted molar refractivity (Wildman–Crippen MR) is 225 cm³/mol. The number of rotatable bonds is 3. The van der Waals surface area contributed by atoms with E-state index < -0.39 is 0 Å². The summed E-state index contributed by atoms with van der Waals surface area (Å²) in [5.41, 5.74) is 14.1. The molecule has 0 atom stereocenters. The maximum absolute atomic E-state index is 6.58. The number of hydrogen-bond acceptors (Lipinski definition) is 4. The molecule has 5 heterocycles. The number of thiophene rings is 1. The standard InChI is InChI=1S/C49H31N3OS/c1-49(2)37-25-24-29(27-40(37)52-44-35(18-11-20-38(44)49)46-45(52)34-16-4-7-22-41(34)53-46)28-12-9-13-30(26-28)43-33-15-3-6-21-39(33)50-48(51-43)36-19-10-17-32-31-14-5-8-23-42(31)54-47(32)36/h3-27H,1-2H3. The van der Waals surface area contributed by atoms with Crippen LogP contribution in [0.4, 0.5) is 0 Å². The number of para-hydroxylation sites is 3. The highest BCUT2D eigenvalue weighted by molar-refractivity contribution is 7.26. The fraction of sp³-hybridized carbons (Fsp3) is 0.0612. The van der Waals surface area contributed by atoms with Crippen molar-refractivity contribution in [3.8, 4) is 39.5 Å². The lowest BCUT2D eigenvalue weighted by Crippen LogP contribution is -2.26. The van der Waals surface area contributed by atoms with Crippen LogP contribution in [0.15, 0.2) is 156 Å². The number of hydrogen-bond donors (Lipinski definition) is 0. The third-order valence-corrected chi connectivity index (χ3v) is 12.8. The van der Waals surface area contributed by atoms with E-state index in [4.69, 9.17) is 14.4 Å². The van der Waals surface area contributed by atoms with Crippen LogP contribution in [0.5, 0.6) is 0 Å². The molecule has 5 heteroatoms. The molecule has 11 aromatic rings. The van der Waals surface area contributed by atoms with Crippen molar-refractivity contribution in [1.82, 2.24) is 14.5 Å². The van der Waals surface area contributed by atoms with Gasteiger partial charge in [-0.3, -0.25) is 0 Å². The molecule has 0 saturated carbocycles. The molecule has 0 amide bonds. The second-order valence-corrected chi connectivity index (χ2v) is 16.0. The first kappa shape index (κ1) is 30.0. The Balaban J connectivity index is 1.06. The van der Waals surface area contributed by atoms with E-state index in [0.717, 1.165) is 72.1 Å². The van der Waals surface area contributed by atoms with Crippen LogP contribution in [-0.2, 0) is 5.41 Å². The van der Waals surface area contributed by atoms with Crippen LogP contribution in [-0.4, -0.2) is 14.5 Å². The van der Waals surface area contributed by atoms with E-state index in [9.17, 15) is 0 Å². The van der Waals surface area contributed by atoms with Crippen LogP contribution in [0.1, 0.15) is 25.0 Å². The third-order valence-electron chi connectivity index (χ3n) is 11.6. The Morgan fingerprint density at radius 2 is 1.28 bits per heavy atom. The summed E-state index contributed by atoms with van der Waals surface area (Å²) >= 11 is 1.81. The van der Waals surface area contributed by atoms with Gasteiger partial charge in [-0.05, 0) is 70.8 Å². The van der Waals surface area contributed by atoms with Gasteiger partial charge in [-0.25, -0.2) is 9.97 Å². The molecule has 12 rings (SSSR count). The van der Waals surface area contributed by atoms with Gasteiger partial charge >= 0.3 is 0 Å². The largest absolute Gasteiger partial charge is 0.454 e. The van der Waals surface area contributed by atoms with Crippen LogP contribution in [0.25, 0.3) is 104 Å². The van der Waals surface area contributed by atoms with E-state index in [2.05, 4.69) is 164 Å². The van der Waals surface area contributed by atoms with Crippen molar-refractivity contribution in [2.45, 2.75) is 19.3 Å². The molecule has 7 aromatic carbocycles. The molecule has 0 aliphatic carbocycles.